The number of rotatable bonds is 6. The third-order valence-corrected chi connectivity index (χ3v) is 4.84. The maximum absolute atomic E-state index is 13.8. The van der Waals surface area contributed by atoms with Crippen LogP contribution in [0.5, 0.6) is 0 Å². The molecule has 1 heterocycles. The molecule has 0 bridgehead atoms. The quantitative estimate of drug-likeness (QED) is 0.865. The average molecular weight is 340 g/mol. The van der Waals surface area contributed by atoms with Crippen molar-refractivity contribution < 1.29 is 18.7 Å². The number of carbonyl (C=O) groups is 1. The Kier molecular flexibility index (Phi) is 6.69. The lowest BCUT2D eigenvalue weighted by atomic mass is 9.96. The molecule has 134 valence electrons. The molecule has 0 aliphatic carbocycles. The maximum Gasteiger partial charge on any atom is 0.223 e. The van der Waals surface area contributed by atoms with Gasteiger partial charge in [0.05, 0.1) is 6.61 Å². The van der Waals surface area contributed by atoms with Crippen LogP contribution < -0.4 is 0 Å². The molecule has 1 amide bonds. The van der Waals surface area contributed by atoms with Gasteiger partial charge in [-0.2, -0.15) is 0 Å². The summed E-state index contributed by atoms with van der Waals surface area (Å²) in [6.45, 7) is 6.67. The molecule has 2 atom stereocenters. The van der Waals surface area contributed by atoms with Crippen LogP contribution in [0.3, 0.4) is 0 Å². The Morgan fingerprint density at radius 2 is 1.92 bits per heavy atom. The van der Waals surface area contributed by atoms with Gasteiger partial charge in [0, 0.05) is 44.7 Å². The van der Waals surface area contributed by atoms with E-state index in [2.05, 4.69) is 4.90 Å². The molecular weight excluding hydrogens is 314 g/mol. The first-order chi connectivity index (χ1) is 11.5. The van der Waals surface area contributed by atoms with Crippen LogP contribution in [0.2, 0.25) is 0 Å². The molecule has 1 aromatic carbocycles. The van der Waals surface area contributed by atoms with E-state index in [4.69, 9.17) is 0 Å². The molecule has 0 spiro atoms. The van der Waals surface area contributed by atoms with E-state index in [9.17, 15) is 18.7 Å². The number of hydrogen-bond acceptors (Lipinski definition) is 3. The van der Waals surface area contributed by atoms with Crippen LogP contribution in [0.4, 0.5) is 8.78 Å². The highest BCUT2D eigenvalue weighted by molar-refractivity contribution is 5.77. The molecule has 1 aliphatic rings. The molecule has 1 N–H and O–H groups in total. The maximum atomic E-state index is 13.8. The number of hydrogen-bond donors (Lipinski definition) is 1. The van der Waals surface area contributed by atoms with E-state index < -0.39 is 11.6 Å². The van der Waals surface area contributed by atoms with E-state index in [1.54, 1.807) is 11.8 Å². The van der Waals surface area contributed by atoms with Crippen molar-refractivity contribution in [1.29, 1.82) is 0 Å². The van der Waals surface area contributed by atoms with Gasteiger partial charge in [-0.1, -0.05) is 19.9 Å². The Morgan fingerprint density at radius 3 is 2.46 bits per heavy atom. The van der Waals surface area contributed by atoms with E-state index in [1.165, 1.54) is 12.1 Å². The third kappa shape index (κ3) is 4.51. The largest absolute Gasteiger partial charge is 0.395 e. The average Bonchev–Trinajstić information content (AvgIpc) is 2.56. The van der Waals surface area contributed by atoms with Gasteiger partial charge in [-0.15, -0.1) is 0 Å². The van der Waals surface area contributed by atoms with Crippen molar-refractivity contribution in [3.63, 3.8) is 0 Å². The molecule has 0 aromatic heterocycles. The summed E-state index contributed by atoms with van der Waals surface area (Å²) in [7, 11) is 0. The van der Waals surface area contributed by atoms with Crippen LogP contribution in [-0.4, -0.2) is 59.6 Å². The SMILES string of the molecule is CCC(CO)N1CCN(C(=O)CC(C)c2ccc(F)cc2F)CC1. The normalized spacial score (nSPS) is 18.5. The summed E-state index contributed by atoms with van der Waals surface area (Å²) in [6.07, 6.45) is 1.09. The second kappa shape index (κ2) is 8.53. The zero-order chi connectivity index (χ0) is 17.7. The van der Waals surface area contributed by atoms with Crippen molar-refractivity contribution in [2.24, 2.45) is 0 Å². The Labute approximate surface area is 142 Å². The van der Waals surface area contributed by atoms with Crippen LogP contribution in [0.25, 0.3) is 0 Å². The second-order valence-corrected chi connectivity index (χ2v) is 6.43. The minimum Gasteiger partial charge on any atom is -0.395 e. The van der Waals surface area contributed by atoms with Crippen LogP contribution in [-0.2, 0) is 4.79 Å². The molecule has 1 aromatic rings. The molecule has 1 fully saturated rings. The van der Waals surface area contributed by atoms with Crippen LogP contribution in [0, 0.1) is 11.6 Å². The van der Waals surface area contributed by atoms with Crippen LogP contribution >= 0.6 is 0 Å². The van der Waals surface area contributed by atoms with Crippen molar-refractivity contribution in [1.82, 2.24) is 9.80 Å². The first kappa shape index (κ1) is 18.8. The Bertz CT molecular complexity index is 556. The van der Waals surface area contributed by atoms with Gasteiger partial charge in [0.2, 0.25) is 5.91 Å². The Hall–Kier alpha value is -1.53. The molecule has 0 saturated carbocycles. The molecule has 2 unspecified atom stereocenters. The minimum atomic E-state index is -0.611. The molecule has 2 rings (SSSR count). The van der Waals surface area contributed by atoms with E-state index in [-0.39, 0.29) is 30.9 Å². The topological polar surface area (TPSA) is 43.8 Å². The molecule has 1 saturated heterocycles. The number of halogens is 2. The summed E-state index contributed by atoms with van der Waals surface area (Å²) in [4.78, 5) is 16.4. The van der Waals surface area contributed by atoms with Gasteiger partial charge in [0.1, 0.15) is 11.6 Å². The van der Waals surface area contributed by atoms with Crippen molar-refractivity contribution in [3.05, 3.63) is 35.4 Å². The highest BCUT2D eigenvalue weighted by Crippen LogP contribution is 2.24. The lowest BCUT2D eigenvalue weighted by Gasteiger charge is -2.38. The van der Waals surface area contributed by atoms with Crippen molar-refractivity contribution in [2.75, 3.05) is 32.8 Å². The van der Waals surface area contributed by atoms with Gasteiger partial charge in [-0.3, -0.25) is 9.69 Å². The molecule has 0 radical (unpaired) electrons. The Balaban J connectivity index is 1.89. The first-order valence-corrected chi connectivity index (χ1v) is 8.53. The number of carbonyl (C=O) groups excluding carboxylic acids is 1. The van der Waals surface area contributed by atoms with Crippen molar-refractivity contribution in [3.8, 4) is 0 Å². The smallest absolute Gasteiger partial charge is 0.223 e. The van der Waals surface area contributed by atoms with Gasteiger partial charge in [-0.25, -0.2) is 8.78 Å². The van der Waals surface area contributed by atoms with E-state index in [1.807, 2.05) is 6.92 Å². The number of benzene rings is 1. The zero-order valence-corrected chi connectivity index (χ0v) is 14.3. The highest BCUT2D eigenvalue weighted by atomic mass is 19.1. The number of piperazine rings is 1. The second-order valence-electron chi connectivity index (χ2n) is 6.43. The fourth-order valence-electron chi connectivity index (χ4n) is 3.24. The fourth-order valence-corrected chi connectivity index (χ4v) is 3.24. The van der Waals surface area contributed by atoms with E-state index in [0.29, 0.717) is 18.7 Å². The summed E-state index contributed by atoms with van der Waals surface area (Å²) < 4.78 is 26.8. The standard InChI is InChI=1S/C18H26F2N2O2/c1-3-15(12-23)21-6-8-22(9-7-21)18(24)10-13(2)16-5-4-14(19)11-17(16)20/h4-5,11,13,15,23H,3,6-10,12H2,1-2H3. The highest BCUT2D eigenvalue weighted by Gasteiger charge is 2.26. The Morgan fingerprint density at radius 1 is 1.25 bits per heavy atom. The van der Waals surface area contributed by atoms with Gasteiger partial charge in [0.15, 0.2) is 0 Å². The number of aliphatic hydroxyl groups is 1. The van der Waals surface area contributed by atoms with Gasteiger partial charge >= 0.3 is 0 Å². The van der Waals surface area contributed by atoms with Crippen molar-refractivity contribution >= 4 is 5.91 Å². The predicted octanol–water partition coefficient (Wildman–Crippen LogP) is 2.37. The summed E-state index contributed by atoms with van der Waals surface area (Å²) in [5, 5.41) is 9.36. The summed E-state index contributed by atoms with van der Waals surface area (Å²) in [5.74, 6) is -1.52. The monoisotopic (exact) mass is 340 g/mol. The number of amides is 1. The predicted molar refractivity (Wildman–Crippen MR) is 88.7 cm³/mol. The lowest BCUT2D eigenvalue weighted by molar-refractivity contribution is -0.133. The van der Waals surface area contributed by atoms with Gasteiger partial charge in [0.25, 0.3) is 0 Å². The molecule has 6 heteroatoms. The number of nitrogens with zero attached hydrogens (tertiary/aromatic N) is 2. The van der Waals surface area contributed by atoms with E-state index in [0.717, 1.165) is 25.6 Å². The zero-order valence-electron chi connectivity index (χ0n) is 14.3. The number of aliphatic hydroxyl groups excluding tert-OH is 1. The molecular formula is C18H26F2N2O2. The van der Waals surface area contributed by atoms with Crippen LogP contribution in [0.15, 0.2) is 18.2 Å². The summed E-state index contributed by atoms with van der Waals surface area (Å²) in [6, 6.07) is 3.63. The first-order valence-electron chi connectivity index (χ1n) is 8.53. The minimum absolute atomic E-state index is 0.0112. The molecule has 4 nitrogen and oxygen atoms in total. The molecule has 1 aliphatic heterocycles. The van der Waals surface area contributed by atoms with Gasteiger partial charge < -0.3 is 10.0 Å². The van der Waals surface area contributed by atoms with Gasteiger partial charge in [-0.05, 0) is 24.0 Å². The summed E-state index contributed by atoms with van der Waals surface area (Å²) in [5.41, 5.74) is 0.370. The fraction of sp³-hybridized carbons (Fsp3) is 0.611. The van der Waals surface area contributed by atoms with E-state index >= 15 is 0 Å². The molecule has 24 heavy (non-hydrogen) atoms. The summed E-state index contributed by atoms with van der Waals surface area (Å²) >= 11 is 0. The van der Waals surface area contributed by atoms with Crippen molar-refractivity contribution in [2.45, 2.75) is 38.6 Å². The lowest BCUT2D eigenvalue weighted by Crippen LogP contribution is -2.52. The third-order valence-electron chi connectivity index (χ3n) is 4.84. The van der Waals surface area contributed by atoms with Crippen LogP contribution in [0.1, 0.15) is 38.2 Å².